The molecule has 5 nitrogen and oxygen atoms in total. The summed E-state index contributed by atoms with van der Waals surface area (Å²) in [4.78, 5) is 19.8. The van der Waals surface area contributed by atoms with Crippen LogP contribution in [0.15, 0.2) is 48.5 Å². The molecular formula is C23H26ClN3O2. The van der Waals surface area contributed by atoms with Gasteiger partial charge in [0.2, 0.25) is 5.91 Å². The van der Waals surface area contributed by atoms with Crippen molar-refractivity contribution < 1.29 is 9.53 Å². The summed E-state index contributed by atoms with van der Waals surface area (Å²) in [6.45, 7) is 6.15. The number of rotatable bonds is 5. The molecule has 1 amide bonds. The van der Waals surface area contributed by atoms with Crippen LogP contribution in [-0.4, -0.2) is 33.4 Å². The van der Waals surface area contributed by atoms with Crippen molar-refractivity contribution in [2.75, 3.05) is 13.1 Å². The molecule has 1 unspecified atom stereocenters. The number of para-hydroxylation sites is 2. The van der Waals surface area contributed by atoms with Gasteiger partial charge in [-0.15, -0.1) is 0 Å². The second-order valence-corrected chi connectivity index (χ2v) is 8.26. The fraction of sp³-hybridized carbons (Fsp3) is 0.391. The number of fused-ring (bicyclic) bond motifs is 1. The lowest BCUT2D eigenvalue weighted by Gasteiger charge is -2.30. The Kier molecular flexibility index (Phi) is 5.76. The van der Waals surface area contributed by atoms with E-state index in [1.54, 1.807) is 12.1 Å². The van der Waals surface area contributed by atoms with Gasteiger partial charge in [0.15, 0.2) is 11.9 Å². The second kappa shape index (κ2) is 8.46. The highest BCUT2D eigenvalue weighted by Crippen LogP contribution is 2.26. The first-order chi connectivity index (χ1) is 14.0. The molecule has 2 heterocycles. The predicted octanol–water partition coefficient (Wildman–Crippen LogP) is 5.09. The van der Waals surface area contributed by atoms with Crippen molar-refractivity contribution in [3.63, 3.8) is 0 Å². The van der Waals surface area contributed by atoms with Gasteiger partial charge in [0.05, 0.1) is 11.0 Å². The molecule has 29 heavy (non-hydrogen) atoms. The van der Waals surface area contributed by atoms with Crippen LogP contribution < -0.4 is 4.74 Å². The zero-order valence-electron chi connectivity index (χ0n) is 16.8. The molecule has 1 saturated heterocycles. The van der Waals surface area contributed by atoms with Crippen LogP contribution in [0.3, 0.4) is 0 Å². The highest BCUT2D eigenvalue weighted by Gasteiger charge is 2.24. The lowest BCUT2D eigenvalue weighted by molar-refractivity contribution is -0.133. The van der Waals surface area contributed by atoms with Crippen molar-refractivity contribution in [1.82, 2.24) is 14.5 Å². The fourth-order valence-electron chi connectivity index (χ4n) is 3.83. The van der Waals surface area contributed by atoms with Crippen LogP contribution in [0, 0.1) is 5.92 Å². The number of halogens is 1. The molecule has 4 rings (SSSR count). The minimum atomic E-state index is -0.308. The van der Waals surface area contributed by atoms with Crippen molar-refractivity contribution in [2.45, 2.75) is 39.3 Å². The van der Waals surface area contributed by atoms with E-state index in [2.05, 4.69) is 6.92 Å². The Labute approximate surface area is 176 Å². The SMILES string of the molecule is CC1CCN(C(=O)Cn2c(C(C)Oc3ccc(Cl)cc3)nc3ccccc32)CC1. The number of hydrogen-bond donors (Lipinski definition) is 0. The van der Waals surface area contributed by atoms with E-state index in [9.17, 15) is 4.79 Å². The van der Waals surface area contributed by atoms with Crippen molar-refractivity contribution in [2.24, 2.45) is 5.92 Å². The van der Waals surface area contributed by atoms with Gasteiger partial charge in [0.25, 0.3) is 0 Å². The summed E-state index contributed by atoms with van der Waals surface area (Å²) in [6.07, 6.45) is 1.83. The number of amides is 1. The van der Waals surface area contributed by atoms with Crippen LogP contribution in [0.4, 0.5) is 0 Å². The van der Waals surface area contributed by atoms with Crippen molar-refractivity contribution >= 4 is 28.5 Å². The molecule has 0 bridgehead atoms. The Balaban J connectivity index is 1.60. The van der Waals surface area contributed by atoms with E-state index >= 15 is 0 Å². The van der Waals surface area contributed by atoms with Crippen LogP contribution in [0.25, 0.3) is 11.0 Å². The Hall–Kier alpha value is -2.53. The summed E-state index contributed by atoms with van der Waals surface area (Å²) in [5.74, 6) is 2.30. The summed E-state index contributed by atoms with van der Waals surface area (Å²) in [6, 6.07) is 15.2. The van der Waals surface area contributed by atoms with Gasteiger partial charge in [-0.25, -0.2) is 4.98 Å². The lowest BCUT2D eigenvalue weighted by atomic mass is 9.99. The third-order valence-electron chi connectivity index (χ3n) is 5.60. The molecule has 2 aromatic carbocycles. The molecule has 6 heteroatoms. The summed E-state index contributed by atoms with van der Waals surface area (Å²) >= 11 is 5.97. The van der Waals surface area contributed by atoms with Crippen molar-refractivity contribution in [3.8, 4) is 5.75 Å². The highest BCUT2D eigenvalue weighted by molar-refractivity contribution is 6.30. The van der Waals surface area contributed by atoms with Gasteiger partial charge in [-0.05, 0) is 62.1 Å². The number of hydrogen-bond acceptors (Lipinski definition) is 3. The minimum Gasteiger partial charge on any atom is -0.483 e. The first-order valence-corrected chi connectivity index (χ1v) is 10.5. The quantitative estimate of drug-likeness (QED) is 0.587. The molecule has 3 aromatic rings. The minimum absolute atomic E-state index is 0.139. The molecule has 1 atom stereocenters. The van der Waals surface area contributed by atoms with Gasteiger partial charge in [0.1, 0.15) is 12.3 Å². The van der Waals surface area contributed by atoms with Gasteiger partial charge in [-0.3, -0.25) is 4.79 Å². The number of nitrogens with zero attached hydrogens (tertiary/aromatic N) is 3. The first-order valence-electron chi connectivity index (χ1n) is 10.2. The van der Waals surface area contributed by atoms with E-state index in [0.717, 1.165) is 48.5 Å². The third-order valence-corrected chi connectivity index (χ3v) is 5.86. The van der Waals surface area contributed by atoms with Gasteiger partial charge in [-0.2, -0.15) is 0 Å². The number of carbonyl (C=O) groups excluding carboxylic acids is 1. The molecule has 1 aromatic heterocycles. The molecule has 1 aliphatic rings. The molecule has 1 aliphatic heterocycles. The van der Waals surface area contributed by atoms with Gasteiger partial charge < -0.3 is 14.2 Å². The zero-order chi connectivity index (χ0) is 20.4. The lowest BCUT2D eigenvalue weighted by Crippen LogP contribution is -2.40. The molecule has 0 aliphatic carbocycles. The smallest absolute Gasteiger partial charge is 0.242 e. The topological polar surface area (TPSA) is 47.4 Å². The predicted molar refractivity (Wildman–Crippen MR) is 115 cm³/mol. The number of likely N-dealkylation sites (tertiary alicyclic amines) is 1. The standard InChI is InChI=1S/C23H26ClN3O2/c1-16-11-13-26(14-12-16)22(28)15-27-21-6-4-3-5-20(21)25-23(27)17(2)29-19-9-7-18(24)8-10-19/h3-10,16-17H,11-15H2,1-2H3. The van der Waals surface area contributed by atoms with Crippen LogP contribution in [0.1, 0.15) is 38.6 Å². The van der Waals surface area contributed by atoms with E-state index < -0.39 is 0 Å². The summed E-state index contributed by atoms with van der Waals surface area (Å²) in [5, 5.41) is 0.665. The third kappa shape index (κ3) is 4.40. The fourth-order valence-corrected chi connectivity index (χ4v) is 3.96. The molecule has 1 fully saturated rings. The molecule has 152 valence electrons. The largest absolute Gasteiger partial charge is 0.483 e. The normalized spacial score (nSPS) is 16.2. The summed E-state index contributed by atoms with van der Waals surface area (Å²) in [5.41, 5.74) is 1.82. The van der Waals surface area contributed by atoms with Gasteiger partial charge in [-0.1, -0.05) is 30.7 Å². The second-order valence-electron chi connectivity index (χ2n) is 7.82. The Morgan fingerprint density at radius 1 is 1.17 bits per heavy atom. The van der Waals surface area contributed by atoms with E-state index in [4.69, 9.17) is 21.3 Å². The van der Waals surface area contributed by atoms with Crippen LogP contribution in [-0.2, 0) is 11.3 Å². The number of carbonyl (C=O) groups is 1. The first kappa shape index (κ1) is 19.8. The molecular weight excluding hydrogens is 386 g/mol. The average Bonchev–Trinajstić information content (AvgIpc) is 3.09. The van der Waals surface area contributed by atoms with Gasteiger partial charge in [0, 0.05) is 18.1 Å². The maximum absolute atomic E-state index is 13.0. The molecule has 0 N–H and O–H groups in total. The van der Waals surface area contributed by atoms with E-state index in [-0.39, 0.29) is 18.6 Å². The Morgan fingerprint density at radius 3 is 2.59 bits per heavy atom. The zero-order valence-corrected chi connectivity index (χ0v) is 17.6. The molecule has 0 spiro atoms. The van der Waals surface area contributed by atoms with Crippen LogP contribution in [0.2, 0.25) is 5.02 Å². The van der Waals surface area contributed by atoms with Crippen LogP contribution in [0.5, 0.6) is 5.75 Å². The maximum Gasteiger partial charge on any atom is 0.242 e. The van der Waals surface area contributed by atoms with E-state index in [1.165, 1.54) is 0 Å². The number of imidazole rings is 1. The molecule has 0 saturated carbocycles. The van der Waals surface area contributed by atoms with E-state index in [0.29, 0.717) is 10.9 Å². The van der Waals surface area contributed by atoms with Crippen molar-refractivity contribution in [3.05, 3.63) is 59.4 Å². The summed E-state index contributed by atoms with van der Waals surface area (Å²) < 4.78 is 8.10. The van der Waals surface area contributed by atoms with Gasteiger partial charge >= 0.3 is 0 Å². The number of aromatic nitrogens is 2. The highest BCUT2D eigenvalue weighted by atomic mass is 35.5. The van der Waals surface area contributed by atoms with Crippen molar-refractivity contribution in [1.29, 1.82) is 0 Å². The Bertz CT molecular complexity index is 991. The maximum atomic E-state index is 13.0. The Morgan fingerprint density at radius 2 is 1.86 bits per heavy atom. The number of piperidine rings is 1. The summed E-state index contributed by atoms with van der Waals surface area (Å²) in [7, 11) is 0. The average molecular weight is 412 g/mol. The number of benzene rings is 2. The monoisotopic (exact) mass is 411 g/mol. The number of ether oxygens (including phenoxy) is 1. The van der Waals surface area contributed by atoms with Crippen LogP contribution >= 0.6 is 11.6 Å². The molecule has 0 radical (unpaired) electrons. The van der Waals surface area contributed by atoms with E-state index in [1.807, 2.05) is 52.8 Å².